The Kier molecular flexibility index (Phi) is 13.5. The molecule has 20 atom stereocenters. The van der Waals surface area contributed by atoms with E-state index in [0.29, 0.717) is 23.5 Å². The van der Waals surface area contributed by atoms with Gasteiger partial charge in [-0.1, -0.05) is 0 Å². The van der Waals surface area contributed by atoms with E-state index in [-0.39, 0.29) is 0 Å². The van der Waals surface area contributed by atoms with E-state index < -0.39 is 146 Å². The minimum absolute atomic E-state index is 0.648. The average Bonchev–Trinajstić information content (AvgIpc) is 3.03. The Balaban J connectivity index is 1.43. The molecule has 19 nitrogen and oxygen atoms in total. The Bertz CT molecular complexity index is 920. The summed E-state index contributed by atoms with van der Waals surface area (Å²) in [5.74, 6) is 0. The summed E-state index contributed by atoms with van der Waals surface area (Å²) in [6.45, 7) is -2.98. The fourth-order valence-corrected chi connectivity index (χ4v) is 8.52. The van der Waals surface area contributed by atoms with E-state index in [1.165, 1.54) is 0 Å². The quantitative estimate of drug-likeness (QED) is 0.101. The molecule has 0 unspecified atom stereocenters. The summed E-state index contributed by atoms with van der Waals surface area (Å²) in [6, 6.07) is 0. The first-order valence-corrected chi connectivity index (χ1v) is 16.0. The molecule has 4 saturated heterocycles. The second-order valence-electron chi connectivity index (χ2n) is 11.1. The first kappa shape index (κ1) is 37.8. The van der Waals surface area contributed by atoms with Crippen LogP contribution < -0.4 is 0 Å². The smallest absolute Gasteiger partial charge is 0.187 e. The lowest BCUT2D eigenvalue weighted by Crippen LogP contribution is -2.64. The minimum Gasteiger partial charge on any atom is -0.394 e. The van der Waals surface area contributed by atoms with Crippen LogP contribution in [0.5, 0.6) is 0 Å². The van der Waals surface area contributed by atoms with Crippen LogP contribution in [-0.4, -0.2) is 217 Å². The highest BCUT2D eigenvalue weighted by molar-refractivity contribution is 8.01. The zero-order valence-corrected chi connectivity index (χ0v) is 25.1. The molecule has 4 rings (SSSR count). The van der Waals surface area contributed by atoms with Gasteiger partial charge in [0, 0.05) is 0 Å². The van der Waals surface area contributed by atoms with E-state index in [0.717, 1.165) is 0 Å². The number of ether oxygens (including phenoxy) is 5. The van der Waals surface area contributed by atoms with Crippen LogP contribution in [-0.2, 0) is 23.7 Å². The molecule has 21 heteroatoms. The Morgan fingerprint density at radius 3 is 1.42 bits per heavy atom. The number of aliphatic hydroxyl groups is 14. The predicted octanol–water partition coefficient (Wildman–Crippen LogP) is -8.32. The summed E-state index contributed by atoms with van der Waals surface area (Å²) >= 11 is 1.33. The molecule has 4 heterocycles. The fraction of sp³-hybridized carbons (Fsp3) is 1.00. The van der Waals surface area contributed by atoms with Crippen molar-refractivity contribution in [1.29, 1.82) is 0 Å². The Morgan fingerprint density at radius 2 is 0.889 bits per heavy atom. The lowest BCUT2D eigenvalue weighted by Gasteiger charge is -2.48. The van der Waals surface area contributed by atoms with Gasteiger partial charge in [-0.15, -0.1) is 23.5 Å². The Labute approximate surface area is 264 Å². The molecule has 0 amide bonds. The molecule has 4 aliphatic heterocycles. The zero-order chi connectivity index (χ0) is 33.3. The van der Waals surface area contributed by atoms with Crippen molar-refractivity contribution in [3.8, 4) is 0 Å². The molecule has 4 aliphatic rings. The van der Waals surface area contributed by atoms with Gasteiger partial charge in [0.1, 0.15) is 71.9 Å². The van der Waals surface area contributed by atoms with Crippen molar-refractivity contribution < 1.29 is 95.2 Å². The SMILES string of the molecule is OC[C@H]1O[C@H](S[C@H]2[C@H](O)[C@@H](O)[C@H](S[C@H]3[C@H](O)[C@@H](O)[C@H](O[C@H]4[C@H](O)[C@@H](O)[C@H](O)O[C@@H]4CO)O[C@@H]3CO)O[C@@H]2CO)[C@H](O)[C@@H](O)[C@@H]1O. The summed E-state index contributed by atoms with van der Waals surface area (Å²) in [5, 5.41) is 141. The number of thioether (sulfide) groups is 2. The third-order valence-corrected chi connectivity index (χ3v) is 11.3. The van der Waals surface area contributed by atoms with Crippen LogP contribution in [0.1, 0.15) is 0 Å². The maximum atomic E-state index is 11.0. The largest absolute Gasteiger partial charge is 0.394 e. The molecular formula is C24H42O19S2. The monoisotopic (exact) mass is 698 g/mol. The van der Waals surface area contributed by atoms with Gasteiger partial charge in [-0.25, -0.2) is 0 Å². The molecule has 0 aromatic rings. The van der Waals surface area contributed by atoms with E-state index in [1.54, 1.807) is 0 Å². The topological polar surface area (TPSA) is 329 Å². The van der Waals surface area contributed by atoms with E-state index >= 15 is 0 Å². The van der Waals surface area contributed by atoms with Crippen LogP contribution >= 0.6 is 23.5 Å². The zero-order valence-electron chi connectivity index (χ0n) is 23.5. The third-order valence-electron chi connectivity index (χ3n) is 8.20. The van der Waals surface area contributed by atoms with Gasteiger partial charge in [0.25, 0.3) is 0 Å². The van der Waals surface area contributed by atoms with E-state index in [4.69, 9.17) is 23.7 Å². The van der Waals surface area contributed by atoms with Gasteiger partial charge in [-0.2, -0.15) is 0 Å². The summed E-state index contributed by atoms with van der Waals surface area (Å²) in [6.07, 6.45) is -26.1. The lowest BCUT2D eigenvalue weighted by molar-refractivity contribution is -0.343. The molecule has 264 valence electrons. The average molecular weight is 699 g/mol. The molecule has 0 spiro atoms. The summed E-state index contributed by atoms with van der Waals surface area (Å²) in [5.41, 5.74) is -2.72. The molecular weight excluding hydrogens is 656 g/mol. The third kappa shape index (κ3) is 7.74. The Hall–Kier alpha value is -0.0600. The number of rotatable bonds is 10. The molecule has 4 fully saturated rings. The van der Waals surface area contributed by atoms with Gasteiger partial charge in [0.2, 0.25) is 0 Å². The van der Waals surface area contributed by atoms with Crippen LogP contribution in [0.4, 0.5) is 0 Å². The van der Waals surface area contributed by atoms with Crippen LogP contribution in [0.2, 0.25) is 0 Å². The first-order chi connectivity index (χ1) is 21.3. The van der Waals surface area contributed by atoms with E-state index in [2.05, 4.69) is 0 Å². The molecule has 0 radical (unpaired) electrons. The maximum absolute atomic E-state index is 11.0. The Morgan fingerprint density at radius 1 is 0.422 bits per heavy atom. The van der Waals surface area contributed by atoms with Gasteiger partial charge in [-0.3, -0.25) is 0 Å². The first-order valence-electron chi connectivity index (χ1n) is 14.1. The number of hydrogen-bond donors (Lipinski definition) is 14. The predicted molar refractivity (Wildman–Crippen MR) is 147 cm³/mol. The van der Waals surface area contributed by atoms with Crippen molar-refractivity contribution in [2.45, 2.75) is 119 Å². The summed E-state index contributed by atoms with van der Waals surface area (Å²) in [7, 11) is 0. The van der Waals surface area contributed by atoms with Gasteiger partial charge in [0.05, 0.1) is 61.3 Å². The van der Waals surface area contributed by atoms with Gasteiger partial charge in [0.15, 0.2) is 12.6 Å². The van der Waals surface area contributed by atoms with Crippen LogP contribution in [0.3, 0.4) is 0 Å². The highest BCUT2D eigenvalue weighted by atomic mass is 32.2. The fourth-order valence-electron chi connectivity index (χ4n) is 5.55. The van der Waals surface area contributed by atoms with Gasteiger partial charge >= 0.3 is 0 Å². The summed E-state index contributed by atoms with van der Waals surface area (Å²) < 4.78 is 27.4. The van der Waals surface area contributed by atoms with Crippen molar-refractivity contribution >= 4 is 23.5 Å². The number of hydrogen-bond acceptors (Lipinski definition) is 21. The lowest BCUT2D eigenvalue weighted by atomic mass is 9.98. The van der Waals surface area contributed by atoms with Crippen LogP contribution in [0.25, 0.3) is 0 Å². The van der Waals surface area contributed by atoms with Crippen molar-refractivity contribution in [2.75, 3.05) is 26.4 Å². The van der Waals surface area contributed by atoms with Crippen LogP contribution in [0.15, 0.2) is 0 Å². The highest BCUT2D eigenvalue weighted by Gasteiger charge is 2.54. The van der Waals surface area contributed by atoms with Crippen molar-refractivity contribution in [3.05, 3.63) is 0 Å². The van der Waals surface area contributed by atoms with Crippen LogP contribution in [0, 0.1) is 0 Å². The van der Waals surface area contributed by atoms with Gasteiger partial charge in [-0.05, 0) is 0 Å². The van der Waals surface area contributed by atoms with Crippen molar-refractivity contribution in [2.24, 2.45) is 0 Å². The van der Waals surface area contributed by atoms with E-state index in [9.17, 15) is 71.5 Å². The number of aliphatic hydroxyl groups excluding tert-OH is 14. The van der Waals surface area contributed by atoms with Crippen molar-refractivity contribution in [1.82, 2.24) is 0 Å². The highest BCUT2D eigenvalue weighted by Crippen LogP contribution is 2.43. The maximum Gasteiger partial charge on any atom is 0.187 e. The molecule has 14 N–H and O–H groups in total. The normalized spacial score (nSPS) is 52.9. The van der Waals surface area contributed by atoms with E-state index in [1.807, 2.05) is 0 Å². The summed E-state index contributed by atoms with van der Waals surface area (Å²) in [4.78, 5) is 0. The molecule has 0 aromatic carbocycles. The standard InChI is InChI=1S/C24H42O19S2/c25-1-5-9(29)10(30)16(36)23(41-5)45-20-8(4-28)42-24(17(37)13(20)33)44-19-7(3-27)40-22(15(35)12(19)32)43-18-6(2-26)39-21(38)14(34)11(18)31/h5-38H,1-4H2/t5-,6-,7-,8-,9-,10+,11-,12-,13-,14-,15-,16-,17-,18-,19-,20-,21-,22+,23-,24+/m1/s1. The molecule has 0 bridgehead atoms. The van der Waals surface area contributed by atoms with Gasteiger partial charge < -0.3 is 95.2 Å². The minimum atomic E-state index is -1.88. The van der Waals surface area contributed by atoms with Crippen molar-refractivity contribution in [3.63, 3.8) is 0 Å². The molecule has 0 saturated carbocycles. The second kappa shape index (κ2) is 16.1. The second-order valence-corrected chi connectivity index (χ2v) is 13.7. The molecule has 0 aromatic heterocycles. The molecule has 0 aliphatic carbocycles. The molecule has 45 heavy (non-hydrogen) atoms.